The molecule has 0 unspecified atom stereocenters. The monoisotopic (exact) mass is 249 g/mol. The van der Waals surface area contributed by atoms with Crippen molar-refractivity contribution in [3.63, 3.8) is 0 Å². The molecule has 0 radical (unpaired) electrons. The van der Waals surface area contributed by atoms with Crippen LogP contribution in [-0.2, 0) is 6.54 Å². The Hall–Kier alpha value is -1.02. The quantitative estimate of drug-likeness (QED) is 0.629. The summed E-state index contributed by atoms with van der Waals surface area (Å²) in [7, 11) is 1.71. The number of nitrogens with one attached hydrogen (secondary N) is 1. The minimum atomic E-state index is 0.937. The Morgan fingerprint density at radius 2 is 1.83 bits per heavy atom. The number of rotatable bonds is 10. The van der Waals surface area contributed by atoms with Gasteiger partial charge < -0.3 is 10.1 Å². The predicted molar refractivity (Wildman–Crippen MR) is 78.1 cm³/mol. The van der Waals surface area contributed by atoms with Crippen LogP contribution in [0.25, 0.3) is 0 Å². The smallest absolute Gasteiger partial charge is 0.119 e. The summed E-state index contributed by atoms with van der Waals surface area (Å²) in [6, 6.07) is 8.25. The highest BCUT2D eigenvalue weighted by molar-refractivity contribution is 5.28. The van der Waals surface area contributed by atoms with Crippen LogP contribution < -0.4 is 10.1 Å². The first-order valence-electron chi connectivity index (χ1n) is 7.20. The molecule has 1 aromatic carbocycles. The van der Waals surface area contributed by atoms with Crippen LogP contribution in [0.3, 0.4) is 0 Å². The molecule has 18 heavy (non-hydrogen) atoms. The van der Waals surface area contributed by atoms with E-state index in [-0.39, 0.29) is 0 Å². The first-order chi connectivity index (χ1) is 8.86. The van der Waals surface area contributed by atoms with E-state index in [1.165, 1.54) is 44.1 Å². The molecule has 0 atom stereocenters. The van der Waals surface area contributed by atoms with Crippen molar-refractivity contribution in [3.05, 3.63) is 29.8 Å². The standard InChI is InChI=1S/C16H27NO/c1-3-4-5-6-7-8-12-17-14-15-10-9-11-16(13-15)18-2/h9-11,13,17H,3-8,12,14H2,1-2H3. The van der Waals surface area contributed by atoms with Crippen molar-refractivity contribution >= 4 is 0 Å². The van der Waals surface area contributed by atoms with Crippen LogP contribution in [0.1, 0.15) is 51.0 Å². The van der Waals surface area contributed by atoms with Gasteiger partial charge in [0, 0.05) is 6.54 Å². The van der Waals surface area contributed by atoms with E-state index < -0.39 is 0 Å². The van der Waals surface area contributed by atoms with Crippen molar-refractivity contribution in [2.24, 2.45) is 0 Å². The van der Waals surface area contributed by atoms with Crippen molar-refractivity contribution < 1.29 is 4.74 Å². The molecule has 0 aliphatic heterocycles. The van der Waals surface area contributed by atoms with Gasteiger partial charge in [-0.15, -0.1) is 0 Å². The summed E-state index contributed by atoms with van der Waals surface area (Å²) in [6.45, 7) is 4.31. The highest BCUT2D eigenvalue weighted by atomic mass is 16.5. The average molecular weight is 249 g/mol. The van der Waals surface area contributed by atoms with E-state index in [0.717, 1.165) is 18.8 Å². The van der Waals surface area contributed by atoms with Gasteiger partial charge in [-0.25, -0.2) is 0 Å². The summed E-state index contributed by atoms with van der Waals surface area (Å²) >= 11 is 0. The summed E-state index contributed by atoms with van der Waals surface area (Å²) < 4.78 is 5.21. The third-order valence-corrected chi connectivity index (χ3v) is 3.17. The Morgan fingerprint density at radius 3 is 2.61 bits per heavy atom. The van der Waals surface area contributed by atoms with E-state index >= 15 is 0 Å². The maximum absolute atomic E-state index is 5.21. The molecule has 0 spiro atoms. The third-order valence-electron chi connectivity index (χ3n) is 3.17. The van der Waals surface area contributed by atoms with Crippen LogP contribution >= 0.6 is 0 Å². The normalized spacial score (nSPS) is 10.6. The predicted octanol–water partition coefficient (Wildman–Crippen LogP) is 4.15. The number of hydrogen-bond donors (Lipinski definition) is 1. The second kappa shape index (κ2) is 9.95. The summed E-state index contributed by atoms with van der Waals surface area (Å²) in [5.41, 5.74) is 1.29. The van der Waals surface area contributed by atoms with E-state index in [9.17, 15) is 0 Å². The molecule has 0 fully saturated rings. The van der Waals surface area contributed by atoms with Crippen LogP contribution in [0.5, 0.6) is 5.75 Å². The zero-order valence-corrected chi connectivity index (χ0v) is 11.9. The summed E-state index contributed by atoms with van der Waals surface area (Å²) in [5, 5.41) is 3.49. The SMILES string of the molecule is CCCCCCCCNCc1cccc(OC)c1. The highest BCUT2D eigenvalue weighted by Crippen LogP contribution is 2.12. The molecule has 0 aliphatic rings. The fourth-order valence-corrected chi connectivity index (χ4v) is 2.05. The molecule has 1 N–H and O–H groups in total. The van der Waals surface area contributed by atoms with E-state index in [0.29, 0.717) is 0 Å². The maximum Gasteiger partial charge on any atom is 0.119 e. The fourth-order valence-electron chi connectivity index (χ4n) is 2.05. The molecule has 0 bridgehead atoms. The minimum absolute atomic E-state index is 0.937. The lowest BCUT2D eigenvalue weighted by Crippen LogP contribution is -2.14. The van der Waals surface area contributed by atoms with Crippen LogP contribution in [0.2, 0.25) is 0 Å². The second-order valence-electron chi connectivity index (χ2n) is 4.80. The van der Waals surface area contributed by atoms with Gasteiger partial charge in [-0.3, -0.25) is 0 Å². The van der Waals surface area contributed by atoms with Gasteiger partial charge in [-0.1, -0.05) is 51.2 Å². The number of hydrogen-bond acceptors (Lipinski definition) is 2. The van der Waals surface area contributed by atoms with Gasteiger partial charge in [-0.2, -0.15) is 0 Å². The average Bonchev–Trinajstić information content (AvgIpc) is 2.42. The van der Waals surface area contributed by atoms with Crippen molar-refractivity contribution in [1.29, 1.82) is 0 Å². The Kier molecular flexibility index (Phi) is 8.32. The summed E-state index contributed by atoms with van der Waals surface area (Å²) in [6.07, 6.45) is 8.13. The van der Waals surface area contributed by atoms with E-state index in [1.807, 2.05) is 12.1 Å². The van der Waals surface area contributed by atoms with Crippen LogP contribution in [0, 0.1) is 0 Å². The molecule has 0 saturated carbocycles. The lowest BCUT2D eigenvalue weighted by Gasteiger charge is -2.06. The van der Waals surface area contributed by atoms with Gasteiger partial charge in [0.05, 0.1) is 7.11 Å². The molecule has 1 rings (SSSR count). The van der Waals surface area contributed by atoms with Gasteiger partial charge in [-0.05, 0) is 30.7 Å². The molecule has 0 saturated heterocycles. The molecule has 0 aromatic heterocycles. The van der Waals surface area contributed by atoms with Crippen molar-refractivity contribution in [3.8, 4) is 5.75 Å². The Labute approximate surface area is 112 Å². The molecule has 2 heteroatoms. The van der Waals surface area contributed by atoms with Crippen molar-refractivity contribution in [2.45, 2.75) is 52.0 Å². The molecule has 0 heterocycles. The van der Waals surface area contributed by atoms with Crippen molar-refractivity contribution in [2.75, 3.05) is 13.7 Å². The second-order valence-corrected chi connectivity index (χ2v) is 4.80. The highest BCUT2D eigenvalue weighted by Gasteiger charge is 1.95. The van der Waals surface area contributed by atoms with Gasteiger partial charge in [0.15, 0.2) is 0 Å². The van der Waals surface area contributed by atoms with Crippen LogP contribution in [0.15, 0.2) is 24.3 Å². The Bertz CT molecular complexity index is 312. The van der Waals surface area contributed by atoms with Crippen LogP contribution in [0.4, 0.5) is 0 Å². The minimum Gasteiger partial charge on any atom is -0.497 e. The molecule has 2 nitrogen and oxygen atoms in total. The maximum atomic E-state index is 5.21. The first-order valence-corrected chi connectivity index (χ1v) is 7.20. The lowest BCUT2D eigenvalue weighted by atomic mass is 10.1. The molecule has 0 amide bonds. The van der Waals surface area contributed by atoms with Gasteiger partial charge in [0.25, 0.3) is 0 Å². The van der Waals surface area contributed by atoms with E-state index in [4.69, 9.17) is 4.74 Å². The van der Waals surface area contributed by atoms with Gasteiger partial charge in [0.1, 0.15) is 5.75 Å². The molecular formula is C16H27NO. The number of benzene rings is 1. The lowest BCUT2D eigenvalue weighted by molar-refractivity contribution is 0.414. The molecule has 1 aromatic rings. The Balaban J connectivity index is 2.03. The zero-order valence-electron chi connectivity index (χ0n) is 11.9. The Morgan fingerprint density at radius 1 is 1.06 bits per heavy atom. The number of ether oxygens (including phenoxy) is 1. The van der Waals surface area contributed by atoms with Gasteiger partial charge in [0.2, 0.25) is 0 Å². The first kappa shape index (κ1) is 15.0. The zero-order chi connectivity index (χ0) is 13.1. The molecule has 0 aliphatic carbocycles. The summed E-state index contributed by atoms with van der Waals surface area (Å²) in [4.78, 5) is 0. The van der Waals surface area contributed by atoms with Gasteiger partial charge >= 0.3 is 0 Å². The van der Waals surface area contributed by atoms with E-state index in [2.05, 4.69) is 24.4 Å². The van der Waals surface area contributed by atoms with Crippen molar-refractivity contribution in [1.82, 2.24) is 5.32 Å². The topological polar surface area (TPSA) is 21.3 Å². The number of unbranched alkanes of at least 4 members (excludes halogenated alkanes) is 5. The summed E-state index contributed by atoms with van der Waals surface area (Å²) in [5.74, 6) is 0.939. The van der Waals surface area contributed by atoms with Crippen LogP contribution in [-0.4, -0.2) is 13.7 Å². The van der Waals surface area contributed by atoms with E-state index in [1.54, 1.807) is 7.11 Å². The number of methoxy groups -OCH3 is 1. The molecule has 102 valence electrons. The third kappa shape index (κ3) is 6.65. The molecular weight excluding hydrogens is 222 g/mol. The largest absolute Gasteiger partial charge is 0.497 e. The fraction of sp³-hybridized carbons (Fsp3) is 0.625.